The minimum Gasteiger partial charge on any atom is -0.476 e. The van der Waals surface area contributed by atoms with E-state index in [1.54, 1.807) is 18.2 Å². The number of alkyl halides is 1. The molecular weight excluding hydrogens is 363 g/mol. The zero-order valence-corrected chi connectivity index (χ0v) is 13.7. The van der Waals surface area contributed by atoms with Gasteiger partial charge in [0.15, 0.2) is 11.3 Å². The molecule has 0 saturated carbocycles. The highest BCUT2D eigenvalue weighted by atomic mass is 35.5. The SMILES string of the molecule is O=C(O)c1n[nH]c2nc([C@H](CCl)c3ccc(Cl)cc3Cl)cnc12. The van der Waals surface area contributed by atoms with Crippen LogP contribution in [0.4, 0.5) is 0 Å². The van der Waals surface area contributed by atoms with Crippen LogP contribution >= 0.6 is 34.8 Å². The molecule has 0 aliphatic carbocycles. The quantitative estimate of drug-likeness (QED) is 0.682. The number of aromatic amines is 1. The molecule has 0 saturated heterocycles. The monoisotopic (exact) mass is 370 g/mol. The average Bonchev–Trinajstić information content (AvgIpc) is 2.93. The Labute approximate surface area is 145 Å². The molecule has 2 aromatic heterocycles. The summed E-state index contributed by atoms with van der Waals surface area (Å²) in [5, 5.41) is 16.3. The molecule has 23 heavy (non-hydrogen) atoms. The second-order valence-corrected chi connectivity index (χ2v) is 5.89. The molecule has 0 spiro atoms. The zero-order chi connectivity index (χ0) is 16.6. The van der Waals surface area contributed by atoms with Crippen molar-refractivity contribution < 1.29 is 9.90 Å². The van der Waals surface area contributed by atoms with E-state index in [9.17, 15) is 4.79 Å². The second-order valence-electron chi connectivity index (χ2n) is 4.74. The van der Waals surface area contributed by atoms with Crippen LogP contribution < -0.4 is 0 Å². The molecule has 118 valence electrons. The number of carbonyl (C=O) groups is 1. The lowest BCUT2D eigenvalue weighted by atomic mass is 9.98. The summed E-state index contributed by atoms with van der Waals surface area (Å²) in [6.07, 6.45) is 1.47. The van der Waals surface area contributed by atoms with E-state index >= 15 is 0 Å². The van der Waals surface area contributed by atoms with Crippen molar-refractivity contribution in [2.45, 2.75) is 5.92 Å². The summed E-state index contributed by atoms with van der Waals surface area (Å²) >= 11 is 18.2. The van der Waals surface area contributed by atoms with E-state index in [-0.39, 0.29) is 28.7 Å². The maximum absolute atomic E-state index is 11.0. The van der Waals surface area contributed by atoms with Crippen molar-refractivity contribution >= 4 is 51.9 Å². The van der Waals surface area contributed by atoms with Crippen LogP contribution in [0.1, 0.15) is 27.7 Å². The molecule has 0 aliphatic rings. The fourth-order valence-electron chi connectivity index (χ4n) is 2.24. The maximum Gasteiger partial charge on any atom is 0.358 e. The van der Waals surface area contributed by atoms with Crippen LogP contribution in [-0.4, -0.2) is 37.1 Å². The predicted octanol–water partition coefficient (Wildman–Crippen LogP) is 3.73. The van der Waals surface area contributed by atoms with Gasteiger partial charge in [0.25, 0.3) is 0 Å². The van der Waals surface area contributed by atoms with Crippen LogP contribution in [0.25, 0.3) is 11.2 Å². The number of fused-ring (bicyclic) bond motifs is 1. The van der Waals surface area contributed by atoms with Gasteiger partial charge in [0, 0.05) is 21.8 Å². The number of benzene rings is 1. The molecule has 0 amide bonds. The van der Waals surface area contributed by atoms with Gasteiger partial charge in [-0.15, -0.1) is 11.6 Å². The van der Waals surface area contributed by atoms with E-state index in [0.717, 1.165) is 5.56 Å². The number of carboxylic acid groups (broad SMARTS) is 1. The number of H-pyrrole nitrogens is 1. The third-order valence-corrected chi connectivity index (χ3v) is 4.21. The predicted molar refractivity (Wildman–Crippen MR) is 87.7 cm³/mol. The fraction of sp³-hybridized carbons (Fsp3) is 0.143. The number of nitrogens with zero attached hydrogens (tertiary/aromatic N) is 3. The molecule has 0 aliphatic heterocycles. The third kappa shape index (κ3) is 2.97. The Morgan fingerprint density at radius 2 is 2.13 bits per heavy atom. The summed E-state index contributed by atoms with van der Waals surface area (Å²) in [6.45, 7) is 0. The molecule has 6 nitrogen and oxygen atoms in total. The molecule has 0 fully saturated rings. The average molecular weight is 372 g/mol. The molecule has 3 rings (SSSR count). The normalized spacial score (nSPS) is 12.5. The largest absolute Gasteiger partial charge is 0.476 e. The Morgan fingerprint density at radius 3 is 2.78 bits per heavy atom. The standard InChI is InChI=1S/C14H9Cl3N4O2/c15-4-8(7-2-1-6(16)3-9(7)17)10-5-18-11-12(14(22)23)20-21-13(11)19-10/h1-3,5,8H,4H2,(H,22,23)(H,19,20,21)/t8-/m1/s1. The first-order valence-corrected chi connectivity index (χ1v) is 7.75. The molecule has 0 bridgehead atoms. The van der Waals surface area contributed by atoms with Gasteiger partial charge in [-0.3, -0.25) is 5.10 Å². The first-order chi connectivity index (χ1) is 11.0. The number of aromatic nitrogens is 4. The summed E-state index contributed by atoms with van der Waals surface area (Å²) in [5.41, 5.74) is 1.61. The van der Waals surface area contributed by atoms with Crippen molar-refractivity contribution in [1.29, 1.82) is 0 Å². The van der Waals surface area contributed by atoms with Gasteiger partial charge in [0.1, 0.15) is 5.52 Å². The van der Waals surface area contributed by atoms with Crippen molar-refractivity contribution in [3.8, 4) is 0 Å². The Bertz CT molecular complexity index is 897. The van der Waals surface area contributed by atoms with Gasteiger partial charge in [-0.1, -0.05) is 29.3 Å². The lowest BCUT2D eigenvalue weighted by Crippen LogP contribution is -2.07. The minimum atomic E-state index is -1.17. The summed E-state index contributed by atoms with van der Waals surface area (Å²) in [4.78, 5) is 19.6. The maximum atomic E-state index is 11.0. The van der Waals surface area contributed by atoms with Crippen LogP contribution in [0.2, 0.25) is 10.0 Å². The smallest absolute Gasteiger partial charge is 0.358 e. The van der Waals surface area contributed by atoms with Gasteiger partial charge in [-0.2, -0.15) is 5.10 Å². The van der Waals surface area contributed by atoms with E-state index in [2.05, 4.69) is 20.2 Å². The highest BCUT2D eigenvalue weighted by Crippen LogP contribution is 2.32. The first-order valence-electron chi connectivity index (χ1n) is 6.46. The van der Waals surface area contributed by atoms with Crippen molar-refractivity contribution in [3.63, 3.8) is 0 Å². The Kier molecular flexibility index (Phi) is 4.39. The number of halogens is 3. The topological polar surface area (TPSA) is 91.8 Å². The Hall–Kier alpha value is -1.89. The molecule has 3 aromatic rings. The van der Waals surface area contributed by atoms with Crippen LogP contribution in [0.15, 0.2) is 24.4 Å². The summed E-state index contributed by atoms with van der Waals surface area (Å²) in [5.74, 6) is -1.26. The number of hydrogen-bond donors (Lipinski definition) is 2. The molecule has 1 aromatic carbocycles. The minimum absolute atomic E-state index is 0.175. The summed E-state index contributed by atoms with van der Waals surface area (Å²) in [6, 6.07) is 5.12. The molecule has 2 heterocycles. The molecule has 9 heteroatoms. The van der Waals surface area contributed by atoms with Crippen LogP contribution in [0, 0.1) is 0 Å². The van der Waals surface area contributed by atoms with E-state index in [1.165, 1.54) is 6.20 Å². The van der Waals surface area contributed by atoms with Gasteiger partial charge >= 0.3 is 5.97 Å². The molecule has 1 atom stereocenters. The zero-order valence-electron chi connectivity index (χ0n) is 11.4. The number of carboxylic acids is 1. The van der Waals surface area contributed by atoms with Gasteiger partial charge in [-0.05, 0) is 17.7 Å². The summed E-state index contributed by atoms with van der Waals surface area (Å²) in [7, 11) is 0. The van der Waals surface area contributed by atoms with E-state index in [4.69, 9.17) is 39.9 Å². The van der Waals surface area contributed by atoms with E-state index < -0.39 is 5.97 Å². The van der Waals surface area contributed by atoms with Crippen molar-refractivity contribution in [3.05, 3.63) is 51.4 Å². The fourth-order valence-corrected chi connectivity index (χ4v) is 3.10. The van der Waals surface area contributed by atoms with Gasteiger partial charge in [0.05, 0.1) is 11.9 Å². The lowest BCUT2D eigenvalue weighted by Gasteiger charge is -2.15. The first kappa shape index (κ1) is 16.0. The lowest BCUT2D eigenvalue weighted by molar-refractivity contribution is 0.0692. The Morgan fingerprint density at radius 1 is 1.35 bits per heavy atom. The number of nitrogens with one attached hydrogen (secondary N) is 1. The number of aromatic carboxylic acids is 1. The number of hydrogen-bond acceptors (Lipinski definition) is 4. The van der Waals surface area contributed by atoms with Gasteiger partial charge in [-0.25, -0.2) is 14.8 Å². The third-order valence-electron chi connectivity index (χ3n) is 3.34. The second kappa shape index (κ2) is 6.31. The molecule has 2 N–H and O–H groups in total. The van der Waals surface area contributed by atoms with Crippen LogP contribution in [-0.2, 0) is 0 Å². The van der Waals surface area contributed by atoms with Gasteiger partial charge in [0.2, 0.25) is 0 Å². The molecule has 0 radical (unpaired) electrons. The van der Waals surface area contributed by atoms with E-state index in [1.807, 2.05) is 0 Å². The highest BCUT2D eigenvalue weighted by molar-refractivity contribution is 6.35. The summed E-state index contributed by atoms with van der Waals surface area (Å²) < 4.78 is 0. The number of rotatable bonds is 4. The van der Waals surface area contributed by atoms with Crippen molar-refractivity contribution in [1.82, 2.24) is 20.2 Å². The van der Waals surface area contributed by atoms with Crippen LogP contribution in [0.5, 0.6) is 0 Å². The van der Waals surface area contributed by atoms with Crippen molar-refractivity contribution in [2.75, 3.05) is 5.88 Å². The van der Waals surface area contributed by atoms with E-state index in [0.29, 0.717) is 15.7 Å². The Balaban J connectivity index is 2.08. The van der Waals surface area contributed by atoms with Crippen LogP contribution in [0.3, 0.4) is 0 Å². The van der Waals surface area contributed by atoms with Crippen molar-refractivity contribution in [2.24, 2.45) is 0 Å². The molecule has 0 unspecified atom stereocenters. The van der Waals surface area contributed by atoms with Gasteiger partial charge < -0.3 is 5.11 Å². The highest BCUT2D eigenvalue weighted by Gasteiger charge is 2.21. The molecular formula is C14H9Cl3N4O2.